The van der Waals surface area contributed by atoms with Crippen molar-refractivity contribution in [3.8, 4) is 0 Å². The maximum absolute atomic E-state index is 11.6. The smallest absolute Gasteiger partial charge is 0.226 e. The monoisotopic (exact) mass is 225 g/mol. The Labute approximate surface area is 88.6 Å². The van der Waals surface area contributed by atoms with Gasteiger partial charge in [-0.3, -0.25) is 0 Å². The Morgan fingerprint density at radius 1 is 1.33 bits per heavy atom. The van der Waals surface area contributed by atoms with Crippen LogP contribution in [0.15, 0.2) is 35.3 Å². The molecule has 1 atom stereocenters. The summed E-state index contributed by atoms with van der Waals surface area (Å²) < 4.78 is 23.2. The summed E-state index contributed by atoms with van der Waals surface area (Å²) in [7, 11) is -3.40. The lowest BCUT2D eigenvalue weighted by molar-refractivity contribution is 0.558. The average molecular weight is 225 g/mol. The summed E-state index contributed by atoms with van der Waals surface area (Å²) in [5, 5.41) is -1.03. The molecule has 0 spiro atoms. The average Bonchev–Trinajstić information content (AvgIpc) is 2.19. The zero-order valence-electron chi connectivity index (χ0n) is 8.25. The van der Waals surface area contributed by atoms with Crippen LogP contribution in [0.4, 0.5) is 0 Å². The molecule has 0 bridgehead atoms. The highest BCUT2D eigenvalue weighted by molar-refractivity contribution is 7.91. The van der Waals surface area contributed by atoms with Crippen LogP contribution in [0.2, 0.25) is 0 Å². The molecule has 0 aliphatic carbocycles. The largest absolute Gasteiger partial charge is 0.236 e. The number of isocyanates is 1. The first-order valence-electron chi connectivity index (χ1n) is 4.39. The lowest BCUT2D eigenvalue weighted by atomic mass is 10.2. The van der Waals surface area contributed by atoms with Crippen molar-refractivity contribution in [2.75, 3.05) is 0 Å². The first kappa shape index (κ1) is 11.6. The molecule has 0 saturated carbocycles. The van der Waals surface area contributed by atoms with Crippen LogP contribution in [0.25, 0.3) is 0 Å². The van der Waals surface area contributed by atoms with Crippen LogP contribution in [-0.4, -0.2) is 19.9 Å². The minimum atomic E-state index is -3.40. The van der Waals surface area contributed by atoms with Gasteiger partial charge in [-0.1, -0.05) is 30.3 Å². The molecule has 1 aromatic rings. The molecule has 1 unspecified atom stereocenters. The van der Waals surface area contributed by atoms with Gasteiger partial charge in [0.15, 0.2) is 15.2 Å². The minimum Gasteiger partial charge on any atom is -0.226 e. The summed E-state index contributed by atoms with van der Waals surface area (Å²) in [6.45, 7) is 1.36. The van der Waals surface area contributed by atoms with E-state index in [2.05, 4.69) is 4.99 Å². The predicted octanol–water partition coefficient (Wildman–Crippen LogP) is 1.28. The summed E-state index contributed by atoms with van der Waals surface area (Å²) in [6.07, 6.45) is 1.26. The number of hydrogen-bond donors (Lipinski definition) is 0. The van der Waals surface area contributed by atoms with E-state index in [0.29, 0.717) is 5.56 Å². The van der Waals surface area contributed by atoms with E-state index in [9.17, 15) is 13.2 Å². The highest BCUT2D eigenvalue weighted by Gasteiger charge is 2.20. The Kier molecular flexibility index (Phi) is 3.77. The Hall–Kier alpha value is -1.45. The summed E-state index contributed by atoms with van der Waals surface area (Å²) in [5.41, 5.74) is 0.686. The van der Waals surface area contributed by atoms with E-state index in [1.165, 1.54) is 13.0 Å². The third-order valence-electron chi connectivity index (χ3n) is 1.96. The molecule has 0 heterocycles. The minimum absolute atomic E-state index is 0.111. The molecule has 0 aromatic heterocycles. The summed E-state index contributed by atoms with van der Waals surface area (Å²) >= 11 is 0. The zero-order chi connectivity index (χ0) is 11.3. The third kappa shape index (κ3) is 3.31. The lowest BCUT2D eigenvalue weighted by Gasteiger charge is -2.06. The van der Waals surface area contributed by atoms with E-state index < -0.39 is 15.2 Å². The number of nitrogens with zero attached hydrogens (tertiary/aromatic N) is 1. The second-order valence-electron chi connectivity index (χ2n) is 3.11. The van der Waals surface area contributed by atoms with Gasteiger partial charge in [0.1, 0.15) is 0 Å². The summed E-state index contributed by atoms with van der Waals surface area (Å²) in [5.74, 6) is -0.111. The summed E-state index contributed by atoms with van der Waals surface area (Å²) in [6, 6.07) is 8.77. The van der Waals surface area contributed by atoms with E-state index in [1.54, 1.807) is 24.3 Å². The maximum atomic E-state index is 11.6. The van der Waals surface area contributed by atoms with E-state index in [1.807, 2.05) is 6.07 Å². The van der Waals surface area contributed by atoms with Gasteiger partial charge in [-0.25, -0.2) is 13.2 Å². The van der Waals surface area contributed by atoms with E-state index in [-0.39, 0.29) is 5.75 Å². The first-order valence-corrected chi connectivity index (χ1v) is 6.10. The van der Waals surface area contributed by atoms with Gasteiger partial charge in [0, 0.05) is 0 Å². The van der Waals surface area contributed by atoms with Crippen molar-refractivity contribution in [2.45, 2.75) is 18.1 Å². The normalized spacial score (nSPS) is 12.9. The molecule has 1 aromatic carbocycles. The number of rotatable bonds is 4. The van der Waals surface area contributed by atoms with Crippen LogP contribution in [0.1, 0.15) is 12.5 Å². The van der Waals surface area contributed by atoms with Crippen molar-refractivity contribution in [2.24, 2.45) is 4.99 Å². The SMILES string of the molecule is CC(N=C=O)S(=O)(=O)Cc1ccccc1. The maximum Gasteiger partial charge on any atom is 0.236 e. The van der Waals surface area contributed by atoms with Crippen LogP contribution in [0.5, 0.6) is 0 Å². The van der Waals surface area contributed by atoms with Crippen LogP contribution < -0.4 is 0 Å². The van der Waals surface area contributed by atoms with Crippen molar-refractivity contribution >= 4 is 15.9 Å². The molecule has 0 N–H and O–H groups in total. The number of hydrogen-bond acceptors (Lipinski definition) is 4. The van der Waals surface area contributed by atoms with E-state index in [0.717, 1.165) is 0 Å². The van der Waals surface area contributed by atoms with Crippen molar-refractivity contribution in [1.82, 2.24) is 0 Å². The number of benzene rings is 1. The fourth-order valence-electron chi connectivity index (χ4n) is 1.08. The molecule has 0 aliphatic rings. The highest BCUT2D eigenvalue weighted by atomic mass is 32.2. The fourth-order valence-corrected chi connectivity index (χ4v) is 2.18. The Morgan fingerprint density at radius 3 is 2.47 bits per heavy atom. The van der Waals surface area contributed by atoms with E-state index >= 15 is 0 Å². The van der Waals surface area contributed by atoms with Gasteiger partial charge in [-0.05, 0) is 12.5 Å². The quantitative estimate of drug-likeness (QED) is 0.572. The van der Waals surface area contributed by atoms with Gasteiger partial charge in [0.2, 0.25) is 6.08 Å². The van der Waals surface area contributed by atoms with Gasteiger partial charge in [0.05, 0.1) is 5.75 Å². The van der Waals surface area contributed by atoms with Crippen LogP contribution in [-0.2, 0) is 20.4 Å². The molecule has 1 rings (SSSR count). The molecule has 80 valence electrons. The number of sulfone groups is 1. The van der Waals surface area contributed by atoms with Gasteiger partial charge in [-0.15, -0.1) is 0 Å². The standard InChI is InChI=1S/C10H11NO3S/c1-9(11-8-12)15(13,14)7-10-5-3-2-4-6-10/h2-6,9H,7H2,1H3. The van der Waals surface area contributed by atoms with Gasteiger partial charge < -0.3 is 0 Å². The van der Waals surface area contributed by atoms with Crippen molar-refractivity contribution in [3.63, 3.8) is 0 Å². The third-order valence-corrected chi connectivity index (χ3v) is 3.85. The van der Waals surface area contributed by atoms with Gasteiger partial charge >= 0.3 is 0 Å². The number of aliphatic imine (C=N–C) groups is 1. The fraction of sp³-hybridized carbons (Fsp3) is 0.300. The highest BCUT2D eigenvalue weighted by Crippen LogP contribution is 2.11. The Bertz CT molecular complexity index is 461. The second-order valence-corrected chi connectivity index (χ2v) is 5.41. The predicted molar refractivity (Wildman–Crippen MR) is 56.6 cm³/mol. The number of carbonyl (C=O) groups excluding carboxylic acids is 1. The molecule has 0 radical (unpaired) electrons. The summed E-state index contributed by atoms with van der Waals surface area (Å²) in [4.78, 5) is 13.2. The molecule has 4 nitrogen and oxygen atoms in total. The molecule has 0 fully saturated rings. The lowest BCUT2D eigenvalue weighted by Crippen LogP contribution is -2.17. The topological polar surface area (TPSA) is 63.6 Å². The van der Waals surface area contributed by atoms with Crippen LogP contribution in [0, 0.1) is 0 Å². The van der Waals surface area contributed by atoms with Gasteiger partial charge in [-0.2, -0.15) is 4.99 Å². The molecule has 5 heteroatoms. The van der Waals surface area contributed by atoms with Crippen molar-refractivity contribution in [1.29, 1.82) is 0 Å². The van der Waals surface area contributed by atoms with Crippen molar-refractivity contribution in [3.05, 3.63) is 35.9 Å². The van der Waals surface area contributed by atoms with Crippen LogP contribution >= 0.6 is 0 Å². The van der Waals surface area contributed by atoms with Crippen molar-refractivity contribution < 1.29 is 13.2 Å². The van der Waals surface area contributed by atoms with Gasteiger partial charge in [0.25, 0.3) is 0 Å². The molecular weight excluding hydrogens is 214 g/mol. The molecular formula is C10H11NO3S. The Balaban J connectivity index is 2.86. The van der Waals surface area contributed by atoms with Crippen LogP contribution in [0.3, 0.4) is 0 Å². The first-order chi connectivity index (χ1) is 7.06. The molecule has 0 saturated heterocycles. The molecule has 15 heavy (non-hydrogen) atoms. The second kappa shape index (κ2) is 4.87. The molecule has 0 amide bonds. The molecule has 0 aliphatic heterocycles. The zero-order valence-corrected chi connectivity index (χ0v) is 9.07. The van der Waals surface area contributed by atoms with E-state index in [4.69, 9.17) is 0 Å². The Morgan fingerprint density at radius 2 is 1.93 bits per heavy atom.